The van der Waals surface area contributed by atoms with Crippen molar-refractivity contribution in [3.63, 3.8) is 0 Å². The fourth-order valence-corrected chi connectivity index (χ4v) is 2.86. The first-order chi connectivity index (χ1) is 11.5. The van der Waals surface area contributed by atoms with Crippen LogP contribution in [0.5, 0.6) is 11.5 Å². The van der Waals surface area contributed by atoms with Crippen molar-refractivity contribution < 1.29 is 28.6 Å². The maximum atomic E-state index is 13.1. The predicted molar refractivity (Wildman–Crippen MR) is 83.4 cm³/mol. The molecule has 2 aromatic carbocycles. The standard InChI is InChI=1S/C18H15FO5/c1-23-17-12(9-14(20)21)8-11-6-7-24-18(11)15(17)16(22)10-2-4-13(19)5-3-10/h2-5,8H,6-7,9H2,1H3,(H,20,21). The highest BCUT2D eigenvalue weighted by Gasteiger charge is 2.29. The Morgan fingerprint density at radius 2 is 2.00 bits per heavy atom. The molecule has 0 aliphatic carbocycles. The highest BCUT2D eigenvalue weighted by atomic mass is 19.1. The third kappa shape index (κ3) is 2.82. The molecular formula is C18H15FO5. The van der Waals surface area contributed by atoms with Crippen molar-refractivity contribution >= 4 is 11.8 Å². The van der Waals surface area contributed by atoms with Crippen LogP contribution < -0.4 is 9.47 Å². The minimum Gasteiger partial charge on any atom is -0.496 e. The lowest BCUT2D eigenvalue weighted by molar-refractivity contribution is -0.136. The Morgan fingerprint density at radius 3 is 2.62 bits per heavy atom. The number of carbonyl (C=O) groups excluding carboxylic acids is 1. The van der Waals surface area contributed by atoms with E-state index in [1.54, 1.807) is 6.07 Å². The molecule has 0 saturated heterocycles. The molecule has 1 aliphatic rings. The van der Waals surface area contributed by atoms with E-state index in [9.17, 15) is 14.0 Å². The van der Waals surface area contributed by atoms with Crippen molar-refractivity contribution in [2.24, 2.45) is 0 Å². The summed E-state index contributed by atoms with van der Waals surface area (Å²) in [7, 11) is 1.38. The summed E-state index contributed by atoms with van der Waals surface area (Å²) >= 11 is 0. The van der Waals surface area contributed by atoms with Crippen molar-refractivity contribution in [3.05, 3.63) is 58.4 Å². The molecule has 5 nitrogen and oxygen atoms in total. The highest BCUT2D eigenvalue weighted by Crippen LogP contribution is 2.40. The van der Waals surface area contributed by atoms with Crippen molar-refractivity contribution in [2.45, 2.75) is 12.8 Å². The van der Waals surface area contributed by atoms with Crippen LogP contribution in [0.1, 0.15) is 27.0 Å². The van der Waals surface area contributed by atoms with Gasteiger partial charge in [0, 0.05) is 17.5 Å². The molecular weight excluding hydrogens is 315 g/mol. The van der Waals surface area contributed by atoms with Crippen molar-refractivity contribution in [1.29, 1.82) is 0 Å². The van der Waals surface area contributed by atoms with Gasteiger partial charge in [-0.3, -0.25) is 9.59 Å². The average molecular weight is 330 g/mol. The van der Waals surface area contributed by atoms with Gasteiger partial charge in [0.1, 0.15) is 22.9 Å². The quantitative estimate of drug-likeness (QED) is 0.853. The summed E-state index contributed by atoms with van der Waals surface area (Å²) in [5.41, 5.74) is 1.66. The summed E-state index contributed by atoms with van der Waals surface area (Å²) in [5, 5.41) is 9.10. The number of methoxy groups -OCH3 is 1. The smallest absolute Gasteiger partial charge is 0.307 e. The number of aliphatic carboxylic acids is 1. The van der Waals surface area contributed by atoms with Crippen LogP contribution in [0.15, 0.2) is 30.3 Å². The topological polar surface area (TPSA) is 72.8 Å². The van der Waals surface area contributed by atoms with Gasteiger partial charge in [0.25, 0.3) is 0 Å². The van der Waals surface area contributed by atoms with Crippen molar-refractivity contribution in [3.8, 4) is 11.5 Å². The number of hydrogen-bond acceptors (Lipinski definition) is 4. The van der Waals surface area contributed by atoms with Gasteiger partial charge in [-0.05, 0) is 35.9 Å². The second-order valence-corrected chi connectivity index (χ2v) is 5.44. The van der Waals surface area contributed by atoms with Crippen LogP contribution in [0.2, 0.25) is 0 Å². The van der Waals surface area contributed by atoms with E-state index in [-0.39, 0.29) is 23.3 Å². The van der Waals surface area contributed by atoms with Gasteiger partial charge in [-0.15, -0.1) is 0 Å². The summed E-state index contributed by atoms with van der Waals surface area (Å²) in [6.07, 6.45) is 0.329. The molecule has 0 spiro atoms. The molecule has 1 heterocycles. The maximum absolute atomic E-state index is 13.1. The zero-order chi connectivity index (χ0) is 17.3. The van der Waals surface area contributed by atoms with E-state index in [0.717, 1.165) is 5.56 Å². The number of carbonyl (C=O) groups is 2. The fraction of sp³-hybridized carbons (Fsp3) is 0.222. The first-order valence-electron chi connectivity index (χ1n) is 7.39. The zero-order valence-electron chi connectivity index (χ0n) is 13.0. The van der Waals surface area contributed by atoms with Gasteiger partial charge < -0.3 is 14.6 Å². The molecule has 3 rings (SSSR count). The molecule has 2 aromatic rings. The number of carboxylic acid groups (broad SMARTS) is 1. The lowest BCUT2D eigenvalue weighted by Crippen LogP contribution is -2.10. The largest absolute Gasteiger partial charge is 0.496 e. The van der Waals surface area contributed by atoms with Gasteiger partial charge in [-0.1, -0.05) is 0 Å². The zero-order valence-corrected chi connectivity index (χ0v) is 13.0. The van der Waals surface area contributed by atoms with Crippen LogP contribution in [-0.2, 0) is 17.6 Å². The number of hydrogen-bond donors (Lipinski definition) is 1. The Hall–Kier alpha value is -2.89. The molecule has 0 saturated carbocycles. The molecule has 124 valence electrons. The van der Waals surface area contributed by atoms with Crippen LogP contribution in [0, 0.1) is 5.82 Å². The summed E-state index contributed by atoms with van der Waals surface area (Å²) in [6, 6.07) is 6.85. The maximum Gasteiger partial charge on any atom is 0.307 e. The summed E-state index contributed by atoms with van der Waals surface area (Å²) in [6.45, 7) is 0.415. The predicted octanol–water partition coefficient (Wildman–Crippen LogP) is 2.63. The van der Waals surface area contributed by atoms with E-state index < -0.39 is 17.6 Å². The molecule has 6 heteroatoms. The molecule has 0 bridgehead atoms. The monoisotopic (exact) mass is 330 g/mol. The van der Waals surface area contributed by atoms with Crippen molar-refractivity contribution in [2.75, 3.05) is 13.7 Å². The van der Waals surface area contributed by atoms with Crippen LogP contribution in [0.4, 0.5) is 4.39 Å². The van der Waals surface area contributed by atoms with E-state index in [1.165, 1.54) is 31.4 Å². The van der Waals surface area contributed by atoms with E-state index in [0.29, 0.717) is 24.3 Å². The Balaban J connectivity index is 2.17. The van der Waals surface area contributed by atoms with Crippen LogP contribution >= 0.6 is 0 Å². The lowest BCUT2D eigenvalue weighted by atomic mass is 9.94. The average Bonchev–Trinajstić information content (AvgIpc) is 3.01. The van der Waals surface area contributed by atoms with Crippen LogP contribution in [-0.4, -0.2) is 30.6 Å². The molecule has 0 amide bonds. The van der Waals surface area contributed by atoms with Gasteiger partial charge in [-0.25, -0.2) is 4.39 Å². The number of ketones is 1. The van der Waals surface area contributed by atoms with Gasteiger partial charge in [0.15, 0.2) is 0 Å². The second kappa shape index (κ2) is 6.31. The minimum absolute atomic E-state index is 0.187. The normalized spacial score (nSPS) is 12.4. The Kier molecular flexibility index (Phi) is 4.20. The lowest BCUT2D eigenvalue weighted by Gasteiger charge is -2.16. The van der Waals surface area contributed by atoms with E-state index >= 15 is 0 Å². The number of fused-ring (bicyclic) bond motifs is 1. The van der Waals surface area contributed by atoms with Gasteiger partial charge in [-0.2, -0.15) is 0 Å². The first-order valence-corrected chi connectivity index (χ1v) is 7.39. The van der Waals surface area contributed by atoms with Gasteiger partial charge in [0.05, 0.1) is 20.1 Å². The van der Waals surface area contributed by atoms with Crippen LogP contribution in [0.25, 0.3) is 0 Å². The molecule has 0 aromatic heterocycles. The van der Waals surface area contributed by atoms with E-state index in [4.69, 9.17) is 14.6 Å². The summed E-state index contributed by atoms with van der Waals surface area (Å²) < 4.78 is 24.0. The molecule has 0 fully saturated rings. The van der Waals surface area contributed by atoms with E-state index in [1.807, 2.05) is 0 Å². The molecule has 0 radical (unpaired) electrons. The van der Waals surface area contributed by atoms with Gasteiger partial charge in [0.2, 0.25) is 5.78 Å². The number of ether oxygens (including phenoxy) is 2. The first kappa shape index (κ1) is 16.0. The molecule has 1 N–H and O–H groups in total. The van der Waals surface area contributed by atoms with Crippen LogP contribution in [0.3, 0.4) is 0 Å². The Bertz CT molecular complexity index is 811. The SMILES string of the molecule is COc1c(CC(=O)O)cc2c(c1C(=O)c1ccc(F)cc1)OCC2. The molecule has 1 aliphatic heterocycles. The minimum atomic E-state index is -1.02. The second-order valence-electron chi connectivity index (χ2n) is 5.44. The Morgan fingerprint density at radius 1 is 1.29 bits per heavy atom. The number of halogens is 1. The molecule has 0 atom stereocenters. The fourth-order valence-electron chi connectivity index (χ4n) is 2.86. The summed E-state index contributed by atoms with van der Waals surface area (Å²) in [4.78, 5) is 24.0. The molecule has 24 heavy (non-hydrogen) atoms. The number of carboxylic acids is 1. The third-order valence-corrected chi connectivity index (χ3v) is 3.88. The third-order valence-electron chi connectivity index (χ3n) is 3.88. The summed E-state index contributed by atoms with van der Waals surface area (Å²) in [5.74, 6) is -1.26. The Labute approximate surface area is 137 Å². The van der Waals surface area contributed by atoms with Crippen molar-refractivity contribution in [1.82, 2.24) is 0 Å². The molecule has 0 unspecified atom stereocenters. The number of rotatable bonds is 5. The van der Waals surface area contributed by atoms with E-state index in [2.05, 4.69) is 0 Å². The number of benzene rings is 2. The van der Waals surface area contributed by atoms with Gasteiger partial charge >= 0.3 is 5.97 Å². The highest BCUT2D eigenvalue weighted by molar-refractivity contribution is 6.13.